The Balaban J connectivity index is 2.71. The fourth-order valence-electron chi connectivity index (χ4n) is 0.987. The number of nitrogens with zero attached hydrogens (tertiary/aromatic N) is 1. The van der Waals surface area contributed by atoms with Crippen molar-refractivity contribution in [2.75, 3.05) is 6.54 Å². The number of amides is 2. The Morgan fingerprint density at radius 2 is 2.36 bits per heavy atom. The average Bonchev–Trinajstić information content (AvgIpc) is 2.17. The lowest BCUT2D eigenvalue weighted by Gasteiger charge is -2.09. The maximum Gasteiger partial charge on any atom is 0.258 e. The molecule has 0 aromatic rings. The Morgan fingerprint density at radius 1 is 1.73 bits per heavy atom. The largest absolute Gasteiger partial charge is 0.383 e. The SMILES string of the molecule is C=CCN1C(=O)C[C@H](O)C1=O. The summed E-state index contributed by atoms with van der Waals surface area (Å²) in [6, 6.07) is 0. The van der Waals surface area contributed by atoms with Crippen LogP contribution >= 0.6 is 0 Å². The van der Waals surface area contributed by atoms with Crippen LogP contribution in [0.4, 0.5) is 0 Å². The molecule has 0 aromatic heterocycles. The monoisotopic (exact) mass is 155 g/mol. The standard InChI is InChI=1S/C7H9NO3/c1-2-3-8-6(10)4-5(9)7(8)11/h2,5,9H,1,3-4H2/t5-/m0/s1. The van der Waals surface area contributed by atoms with E-state index in [1.807, 2.05) is 0 Å². The van der Waals surface area contributed by atoms with E-state index in [1.54, 1.807) is 0 Å². The summed E-state index contributed by atoms with van der Waals surface area (Å²) >= 11 is 0. The number of carbonyl (C=O) groups is 2. The zero-order valence-electron chi connectivity index (χ0n) is 5.99. The Morgan fingerprint density at radius 3 is 2.73 bits per heavy atom. The number of carbonyl (C=O) groups excluding carboxylic acids is 2. The number of aliphatic hydroxyl groups is 1. The van der Waals surface area contributed by atoms with Crippen molar-refractivity contribution in [2.24, 2.45) is 0 Å². The Hall–Kier alpha value is -1.16. The Labute approximate surface area is 64.1 Å². The molecule has 4 heteroatoms. The maximum absolute atomic E-state index is 10.9. The van der Waals surface area contributed by atoms with Gasteiger partial charge >= 0.3 is 0 Å². The predicted molar refractivity (Wildman–Crippen MR) is 37.5 cm³/mol. The van der Waals surface area contributed by atoms with Crippen LogP contribution in [0, 0.1) is 0 Å². The van der Waals surface area contributed by atoms with Crippen LogP contribution in [0.2, 0.25) is 0 Å². The summed E-state index contributed by atoms with van der Waals surface area (Å²) in [6.07, 6.45) is 0.225. The first-order valence-corrected chi connectivity index (χ1v) is 3.30. The van der Waals surface area contributed by atoms with Crippen molar-refractivity contribution in [1.82, 2.24) is 4.90 Å². The van der Waals surface area contributed by atoms with Gasteiger partial charge in [0.25, 0.3) is 5.91 Å². The summed E-state index contributed by atoms with van der Waals surface area (Å²) in [4.78, 5) is 22.8. The minimum Gasteiger partial charge on any atom is -0.383 e. The molecule has 1 atom stereocenters. The molecule has 1 aliphatic rings. The number of imide groups is 1. The summed E-state index contributed by atoms with van der Waals surface area (Å²) < 4.78 is 0. The van der Waals surface area contributed by atoms with Gasteiger partial charge in [-0.05, 0) is 0 Å². The van der Waals surface area contributed by atoms with Crippen LogP contribution in [-0.2, 0) is 9.59 Å². The molecule has 0 radical (unpaired) electrons. The van der Waals surface area contributed by atoms with Gasteiger partial charge in [-0.25, -0.2) is 0 Å². The Bertz CT molecular complexity index is 212. The lowest BCUT2D eigenvalue weighted by Crippen LogP contribution is -2.31. The van der Waals surface area contributed by atoms with Gasteiger partial charge in [-0.2, -0.15) is 0 Å². The lowest BCUT2D eigenvalue weighted by atomic mass is 10.3. The number of hydrogen-bond donors (Lipinski definition) is 1. The van der Waals surface area contributed by atoms with E-state index in [1.165, 1.54) is 6.08 Å². The third-order valence-corrected chi connectivity index (χ3v) is 1.53. The van der Waals surface area contributed by atoms with E-state index >= 15 is 0 Å². The lowest BCUT2D eigenvalue weighted by molar-refractivity contribution is -0.140. The molecule has 0 unspecified atom stereocenters. The van der Waals surface area contributed by atoms with Gasteiger partial charge in [0, 0.05) is 6.54 Å². The van der Waals surface area contributed by atoms with Crippen molar-refractivity contribution >= 4 is 11.8 Å². The fraction of sp³-hybridized carbons (Fsp3) is 0.429. The summed E-state index contributed by atoms with van der Waals surface area (Å²) in [5.74, 6) is -0.850. The molecular formula is C7H9NO3. The van der Waals surface area contributed by atoms with E-state index in [0.29, 0.717) is 0 Å². The van der Waals surface area contributed by atoms with Gasteiger partial charge in [-0.15, -0.1) is 6.58 Å². The van der Waals surface area contributed by atoms with Gasteiger partial charge in [0.05, 0.1) is 6.42 Å². The van der Waals surface area contributed by atoms with E-state index in [4.69, 9.17) is 5.11 Å². The molecular weight excluding hydrogens is 146 g/mol. The molecule has 1 fully saturated rings. The molecule has 0 aliphatic carbocycles. The third-order valence-electron chi connectivity index (χ3n) is 1.53. The zero-order chi connectivity index (χ0) is 8.43. The molecule has 0 spiro atoms. The van der Waals surface area contributed by atoms with Gasteiger partial charge in [-0.1, -0.05) is 6.08 Å². The van der Waals surface area contributed by atoms with Gasteiger partial charge < -0.3 is 5.11 Å². The highest BCUT2D eigenvalue weighted by Gasteiger charge is 2.36. The van der Waals surface area contributed by atoms with Crippen molar-refractivity contribution in [3.05, 3.63) is 12.7 Å². The van der Waals surface area contributed by atoms with Crippen LogP contribution in [-0.4, -0.2) is 34.5 Å². The Kier molecular flexibility index (Phi) is 2.05. The van der Waals surface area contributed by atoms with Crippen LogP contribution in [0.15, 0.2) is 12.7 Å². The van der Waals surface area contributed by atoms with Crippen LogP contribution in [0.25, 0.3) is 0 Å². The summed E-state index contributed by atoms with van der Waals surface area (Å²) in [5.41, 5.74) is 0. The first-order chi connectivity index (χ1) is 5.16. The topological polar surface area (TPSA) is 57.6 Å². The quantitative estimate of drug-likeness (QED) is 0.423. The second-order valence-corrected chi connectivity index (χ2v) is 2.35. The molecule has 1 rings (SSSR count). The van der Waals surface area contributed by atoms with Crippen LogP contribution in [0.5, 0.6) is 0 Å². The van der Waals surface area contributed by atoms with Crippen LogP contribution < -0.4 is 0 Å². The smallest absolute Gasteiger partial charge is 0.258 e. The molecule has 2 amide bonds. The minimum atomic E-state index is -1.14. The summed E-state index contributed by atoms with van der Waals surface area (Å²) in [5, 5.41) is 8.92. The van der Waals surface area contributed by atoms with Crippen molar-refractivity contribution in [1.29, 1.82) is 0 Å². The van der Waals surface area contributed by atoms with Gasteiger partial charge in [0.2, 0.25) is 5.91 Å². The van der Waals surface area contributed by atoms with Crippen molar-refractivity contribution in [3.63, 3.8) is 0 Å². The summed E-state index contributed by atoms with van der Waals surface area (Å²) in [7, 11) is 0. The van der Waals surface area contributed by atoms with Crippen LogP contribution in [0.1, 0.15) is 6.42 Å². The van der Waals surface area contributed by atoms with E-state index in [9.17, 15) is 9.59 Å². The third kappa shape index (κ3) is 1.30. The van der Waals surface area contributed by atoms with Crippen molar-refractivity contribution < 1.29 is 14.7 Å². The molecule has 1 saturated heterocycles. The first kappa shape index (κ1) is 7.94. The zero-order valence-corrected chi connectivity index (χ0v) is 5.99. The van der Waals surface area contributed by atoms with E-state index in [2.05, 4.69) is 6.58 Å². The van der Waals surface area contributed by atoms with E-state index in [-0.39, 0.29) is 18.9 Å². The number of aliphatic hydroxyl groups excluding tert-OH is 1. The number of likely N-dealkylation sites (tertiary alicyclic amines) is 1. The molecule has 4 nitrogen and oxygen atoms in total. The van der Waals surface area contributed by atoms with E-state index < -0.39 is 12.0 Å². The first-order valence-electron chi connectivity index (χ1n) is 3.30. The maximum atomic E-state index is 10.9. The molecule has 0 saturated carbocycles. The van der Waals surface area contributed by atoms with Crippen molar-refractivity contribution in [3.8, 4) is 0 Å². The highest BCUT2D eigenvalue weighted by molar-refractivity contribution is 6.04. The second-order valence-electron chi connectivity index (χ2n) is 2.35. The van der Waals surface area contributed by atoms with E-state index in [0.717, 1.165) is 4.90 Å². The molecule has 0 bridgehead atoms. The highest BCUT2D eigenvalue weighted by Crippen LogP contribution is 2.11. The predicted octanol–water partition coefficient (Wildman–Crippen LogP) is -0.708. The van der Waals surface area contributed by atoms with Gasteiger partial charge in [0.1, 0.15) is 6.10 Å². The number of rotatable bonds is 2. The van der Waals surface area contributed by atoms with Crippen LogP contribution in [0.3, 0.4) is 0 Å². The second kappa shape index (κ2) is 2.84. The molecule has 0 aromatic carbocycles. The fourth-order valence-corrected chi connectivity index (χ4v) is 0.987. The van der Waals surface area contributed by atoms with Gasteiger partial charge in [0.15, 0.2) is 0 Å². The number of hydrogen-bond acceptors (Lipinski definition) is 3. The normalized spacial score (nSPS) is 24.5. The van der Waals surface area contributed by atoms with Crippen molar-refractivity contribution in [2.45, 2.75) is 12.5 Å². The average molecular weight is 155 g/mol. The van der Waals surface area contributed by atoms with Gasteiger partial charge in [-0.3, -0.25) is 14.5 Å². The minimum absolute atomic E-state index is 0.0906. The summed E-state index contributed by atoms with van der Waals surface area (Å²) in [6.45, 7) is 3.58. The molecule has 11 heavy (non-hydrogen) atoms. The molecule has 1 heterocycles. The molecule has 1 N–H and O–H groups in total. The highest BCUT2D eigenvalue weighted by atomic mass is 16.3. The molecule has 60 valence electrons. The molecule has 1 aliphatic heterocycles.